The second-order valence-electron chi connectivity index (χ2n) is 7.77. The molecular formula is C25H23ClN2O7. The van der Waals surface area contributed by atoms with E-state index in [1.165, 1.54) is 18.2 Å². The topological polar surface area (TPSA) is 100 Å². The number of hydrogen-bond acceptors (Lipinski definition) is 7. The highest BCUT2D eigenvalue weighted by Gasteiger charge is 2.22. The van der Waals surface area contributed by atoms with Crippen molar-refractivity contribution in [1.29, 1.82) is 0 Å². The number of nitrogens with zero attached hydrogens (tertiary/aromatic N) is 2. The summed E-state index contributed by atoms with van der Waals surface area (Å²) in [5.74, 6) is 2.13. The SMILES string of the molecule is COc1ccc(CCN(Cc2ccc3c(c2)OCO3)C(=O)c2ccc([N+](=O)[O-])cc2Cl)cc1OC. The third-order valence-electron chi connectivity index (χ3n) is 5.61. The molecule has 1 amide bonds. The average Bonchev–Trinajstić information content (AvgIpc) is 3.33. The van der Waals surface area contributed by atoms with Crippen molar-refractivity contribution in [3.63, 3.8) is 0 Å². The number of ether oxygens (including phenoxy) is 4. The molecule has 3 aromatic rings. The van der Waals surface area contributed by atoms with Gasteiger partial charge < -0.3 is 23.8 Å². The molecule has 1 heterocycles. The first-order valence-corrected chi connectivity index (χ1v) is 11.1. The number of halogens is 1. The normalized spacial score (nSPS) is 11.7. The van der Waals surface area contributed by atoms with Crippen LogP contribution in [0, 0.1) is 10.1 Å². The minimum absolute atomic E-state index is 0.0194. The Bertz CT molecular complexity index is 1260. The molecule has 0 saturated carbocycles. The van der Waals surface area contributed by atoms with Gasteiger partial charge in [-0.2, -0.15) is 0 Å². The van der Waals surface area contributed by atoms with Gasteiger partial charge in [0.15, 0.2) is 23.0 Å². The fourth-order valence-corrected chi connectivity index (χ4v) is 4.03. The quantitative estimate of drug-likeness (QED) is 0.306. The van der Waals surface area contributed by atoms with Gasteiger partial charge in [0.05, 0.1) is 29.7 Å². The van der Waals surface area contributed by atoms with E-state index >= 15 is 0 Å². The third-order valence-corrected chi connectivity index (χ3v) is 5.92. The van der Waals surface area contributed by atoms with E-state index in [0.29, 0.717) is 36.0 Å². The Morgan fingerprint density at radius 2 is 1.74 bits per heavy atom. The van der Waals surface area contributed by atoms with E-state index in [2.05, 4.69) is 0 Å². The van der Waals surface area contributed by atoms with Gasteiger partial charge in [0.25, 0.3) is 11.6 Å². The molecule has 35 heavy (non-hydrogen) atoms. The molecule has 0 fully saturated rings. The Morgan fingerprint density at radius 3 is 2.46 bits per heavy atom. The number of hydrogen-bond donors (Lipinski definition) is 0. The van der Waals surface area contributed by atoms with Gasteiger partial charge in [-0.25, -0.2) is 0 Å². The van der Waals surface area contributed by atoms with Crippen LogP contribution in [0.2, 0.25) is 5.02 Å². The Balaban J connectivity index is 1.60. The maximum atomic E-state index is 13.5. The van der Waals surface area contributed by atoms with Crippen LogP contribution in [0.15, 0.2) is 54.6 Å². The highest BCUT2D eigenvalue weighted by Crippen LogP contribution is 2.33. The largest absolute Gasteiger partial charge is 0.493 e. The van der Waals surface area contributed by atoms with E-state index in [1.807, 2.05) is 30.3 Å². The van der Waals surface area contributed by atoms with E-state index in [1.54, 1.807) is 25.2 Å². The van der Waals surface area contributed by atoms with Crippen LogP contribution in [0.1, 0.15) is 21.5 Å². The van der Waals surface area contributed by atoms with Gasteiger partial charge in [0.2, 0.25) is 6.79 Å². The van der Waals surface area contributed by atoms with Crippen molar-refractivity contribution in [2.45, 2.75) is 13.0 Å². The van der Waals surface area contributed by atoms with Gasteiger partial charge in [0.1, 0.15) is 0 Å². The summed E-state index contributed by atoms with van der Waals surface area (Å²) < 4.78 is 21.5. The van der Waals surface area contributed by atoms with Crippen molar-refractivity contribution in [1.82, 2.24) is 4.90 Å². The van der Waals surface area contributed by atoms with Gasteiger partial charge in [-0.05, 0) is 47.9 Å². The first-order chi connectivity index (χ1) is 16.9. The van der Waals surface area contributed by atoms with Crippen molar-refractivity contribution in [3.05, 3.63) is 86.4 Å². The summed E-state index contributed by atoms with van der Waals surface area (Å²) in [7, 11) is 3.13. The number of amides is 1. The molecule has 0 saturated heterocycles. The monoisotopic (exact) mass is 498 g/mol. The van der Waals surface area contributed by atoms with Gasteiger partial charge in [-0.3, -0.25) is 14.9 Å². The molecule has 1 aliphatic heterocycles. The van der Waals surface area contributed by atoms with Crippen molar-refractivity contribution in [3.8, 4) is 23.0 Å². The first-order valence-electron chi connectivity index (χ1n) is 10.7. The van der Waals surface area contributed by atoms with Crippen molar-refractivity contribution < 1.29 is 28.7 Å². The number of nitro groups is 1. The summed E-state index contributed by atoms with van der Waals surface area (Å²) in [6.07, 6.45) is 0.529. The number of carbonyl (C=O) groups excluding carboxylic acids is 1. The molecule has 3 aromatic carbocycles. The number of non-ortho nitro benzene ring substituents is 1. The lowest BCUT2D eigenvalue weighted by atomic mass is 10.1. The van der Waals surface area contributed by atoms with Gasteiger partial charge >= 0.3 is 0 Å². The number of benzene rings is 3. The molecule has 10 heteroatoms. The van der Waals surface area contributed by atoms with Crippen LogP contribution in [-0.2, 0) is 13.0 Å². The zero-order valence-corrected chi connectivity index (χ0v) is 19.9. The van der Waals surface area contributed by atoms with E-state index in [4.69, 9.17) is 30.5 Å². The summed E-state index contributed by atoms with van der Waals surface area (Å²) in [6.45, 7) is 0.783. The number of nitro benzene ring substituents is 1. The van der Waals surface area contributed by atoms with Gasteiger partial charge in [-0.1, -0.05) is 23.7 Å². The minimum atomic E-state index is -0.554. The average molecular weight is 499 g/mol. The second-order valence-corrected chi connectivity index (χ2v) is 8.18. The predicted molar refractivity (Wildman–Crippen MR) is 129 cm³/mol. The zero-order chi connectivity index (χ0) is 24.9. The van der Waals surface area contributed by atoms with E-state index in [0.717, 1.165) is 11.1 Å². The van der Waals surface area contributed by atoms with E-state index in [-0.39, 0.29) is 35.5 Å². The fourth-order valence-electron chi connectivity index (χ4n) is 3.77. The molecule has 0 bridgehead atoms. The molecule has 0 atom stereocenters. The molecule has 182 valence electrons. The maximum Gasteiger partial charge on any atom is 0.270 e. The van der Waals surface area contributed by atoms with Crippen LogP contribution >= 0.6 is 11.6 Å². The molecule has 0 aromatic heterocycles. The molecule has 9 nitrogen and oxygen atoms in total. The Hall–Kier alpha value is -3.98. The molecule has 1 aliphatic rings. The Labute approximate surface area is 206 Å². The highest BCUT2D eigenvalue weighted by atomic mass is 35.5. The first kappa shape index (κ1) is 24.2. The summed E-state index contributed by atoms with van der Waals surface area (Å²) in [6, 6.07) is 14.9. The fraction of sp³-hybridized carbons (Fsp3) is 0.240. The van der Waals surface area contributed by atoms with Crippen molar-refractivity contribution >= 4 is 23.2 Å². The molecular weight excluding hydrogens is 476 g/mol. The Kier molecular flexibility index (Phi) is 7.26. The van der Waals surface area contributed by atoms with E-state index in [9.17, 15) is 14.9 Å². The zero-order valence-electron chi connectivity index (χ0n) is 19.2. The smallest absolute Gasteiger partial charge is 0.270 e. The predicted octanol–water partition coefficient (Wildman–Crippen LogP) is 4.88. The van der Waals surface area contributed by atoms with Crippen LogP contribution in [0.4, 0.5) is 5.69 Å². The second kappa shape index (κ2) is 10.5. The summed E-state index contributed by atoms with van der Waals surface area (Å²) in [4.78, 5) is 25.7. The van der Waals surface area contributed by atoms with Crippen LogP contribution in [0.5, 0.6) is 23.0 Å². The van der Waals surface area contributed by atoms with Crippen molar-refractivity contribution in [2.75, 3.05) is 27.6 Å². The van der Waals surface area contributed by atoms with Crippen LogP contribution < -0.4 is 18.9 Å². The third kappa shape index (κ3) is 5.41. The lowest BCUT2D eigenvalue weighted by Crippen LogP contribution is -2.32. The lowest BCUT2D eigenvalue weighted by molar-refractivity contribution is -0.384. The van der Waals surface area contributed by atoms with E-state index < -0.39 is 4.92 Å². The number of methoxy groups -OCH3 is 2. The number of carbonyl (C=O) groups is 1. The standard InChI is InChI=1S/C25H23ClN2O7/c1-32-21-7-3-16(11-23(21)33-2)9-10-27(14-17-4-8-22-24(12-17)35-15-34-22)25(29)19-6-5-18(28(30)31)13-20(19)26/h3-8,11-13H,9-10,14-15H2,1-2H3. The van der Waals surface area contributed by atoms with Crippen LogP contribution in [0.3, 0.4) is 0 Å². The molecule has 4 rings (SSSR count). The molecule has 0 N–H and O–H groups in total. The number of rotatable bonds is 9. The molecule has 0 aliphatic carbocycles. The molecule has 0 radical (unpaired) electrons. The molecule has 0 unspecified atom stereocenters. The Morgan fingerprint density at radius 1 is 1.00 bits per heavy atom. The summed E-state index contributed by atoms with van der Waals surface area (Å²) >= 11 is 6.26. The van der Waals surface area contributed by atoms with Crippen LogP contribution in [-0.4, -0.2) is 43.3 Å². The van der Waals surface area contributed by atoms with Gasteiger partial charge in [0, 0.05) is 25.2 Å². The minimum Gasteiger partial charge on any atom is -0.493 e. The highest BCUT2D eigenvalue weighted by molar-refractivity contribution is 6.34. The number of fused-ring (bicyclic) bond motifs is 1. The summed E-state index contributed by atoms with van der Waals surface area (Å²) in [5, 5.41) is 11.1. The van der Waals surface area contributed by atoms with Crippen LogP contribution in [0.25, 0.3) is 0 Å². The lowest BCUT2D eigenvalue weighted by Gasteiger charge is -2.24. The van der Waals surface area contributed by atoms with Gasteiger partial charge in [-0.15, -0.1) is 0 Å². The maximum absolute atomic E-state index is 13.5. The van der Waals surface area contributed by atoms with Crippen molar-refractivity contribution in [2.24, 2.45) is 0 Å². The summed E-state index contributed by atoms with van der Waals surface area (Å²) in [5.41, 5.74) is 1.79. The molecule has 0 spiro atoms.